The first-order chi connectivity index (χ1) is 25.0. The van der Waals surface area contributed by atoms with E-state index in [4.69, 9.17) is 18.9 Å². The van der Waals surface area contributed by atoms with Crippen LogP contribution in [0.15, 0.2) is 103 Å². The Labute approximate surface area is 323 Å². The van der Waals surface area contributed by atoms with Gasteiger partial charge >= 0.3 is 141 Å². The van der Waals surface area contributed by atoms with Crippen LogP contribution >= 0.6 is 20.8 Å². The molecule has 6 atom stereocenters. The van der Waals surface area contributed by atoms with Gasteiger partial charge in [-0.2, -0.15) is 0 Å². The molecular weight excluding hydrogens is 751 g/mol. The number of fused-ring (bicyclic) bond motifs is 2. The number of Topliss-reactive ketones (excluding diaryl/α,β-unsaturated/α-hetero) is 3. The van der Waals surface area contributed by atoms with Crippen molar-refractivity contribution in [2.24, 2.45) is 11.8 Å². The number of ether oxygens (including phenoxy) is 4. The van der Waals surface area contributed by atoms with Crippen molar-refractivity contribution in [1.29, 1.82) is 0 Å². The van der Waals surface area contributed by atoms with Crippen LogP contribution in [-0.2, 0) is 33.3 Å². The van der Waals surface area contributed by atoms with E-state index in [1.165, 1.54) is 28.4 Å². The van der Waals surface area contributed by atoms with E-state index in [1.807, 2.05) is 20.8 Å². The molecule has 2 aliphatic heterocycles. The van der Waals surface area contributed by atoms with Gasteiger partial charge in [-0.05, 0) is 72.8 Å². The standard InChI is InChI=1S/C20H20BrP.C13H20O3.C11H16O4/c1-2-22(21,18-12-6-3-7-13-18,19-14-8-4-9-15-19)20-16-10-5-11-17-20;1-5-10-9(6-8(2)14)7-11-12(10)16-13(3,4)15-11;1-6(12)4-7-5-8-10(9(7)13)15-11(2,3)14-8/h3-17H,2H2,1H3;5,9,11-12H,6-7H2,1-4H3;7-8,10H,4-5H2,1-3H3/b;10-5+;/t;9-,11-,12+;7-,8-,10-/m.11/s1. The maximum atomic E-state index is 11.9. The first-order valence-corrected chi connectivity index (χ1v) is 23.3. The van der Waals surface area contributed by atoms with Crippen molar-refractivity contribution in [3.63, 3.8) is 0 Å². The summed E-state index contributed by atoms with van der Waals surface area (Å²) in [5, 5.41) is 1.56. The summed E-state index contributed by atoms with van der Waals surface area (Å²) in [6.07, 6.45) is 5.17. The van der Waals surface area contributed by atoms with Crippen LogP contribution in [0.5, 0.6) is 0 Å². The summed E-state index contributed by atoms with van der Waals surface area (Å²) < 4.78 is 22.8. The van der Waals surface area contributed by atoms with Crippen molar-refractivity contribution >= 4 is 54.1 Å². The summed E-state index contributed by atoms with van der Waals surface area (Å²) >= 11 is 4.35. The van der Waals surface area contributed by atoms with E-state index < -0.39 is 23.0 Å². The molecule has 0 spiro atoms. The summed E-state index contributed by atoms with van der Waals surface area (Å²) in [4.78, 5) is 34.0. The summed E-state index contributed by atoms with van der Waals surface area (Å²) in [6.45, 7) is 15.0. The molecule has 7 nitrogen and oxygen atoms in total. The second-order valence-corrected chi connectivity index (χ2v) is 24.8. The molecule has 0 bridgehead atoms. The van der Waals surface area contributed by atoms with Gasteiger partial charge in [-0.25, -0.2) is 0 Å². The Bertz CT molecular complexity index is 1680. The van der Waals surface area contributed by atoms with E-state index >= 15 is 0 Å². The molecule has 0 unspecified atom stereocenters. The van der Waals surface area contributed by atoms with Crippen LogP contribution in [-0.4, -0.2) is 59.5 Å². The molecule has 0 N–H and O–H groups in total. The van der Waals surface area contributed by atoms with E-state index in [0.717, 1.165) is 12.6 Å². The molecule has 0 amide bonds. The molecule has 286 valence electrons. The third-order valence-corrected chi connectivity index (χ3v) is 21.3. The van der Waals surface area contributed by atoms with Crippen molar-refractivity contribution in [3.05, 3.63) is 103 Å². The van der Waals surface area contributed by atoms with Gasteiger partial charge in [0.05, 0.1) is 12.2 Å². The van der Waals surface area contributed by atoms with Crippen LogP contribution in [0.3, 0.4) is 0 Å². The Morgan fingerprint density at radius 3 is 1.43 bits per heavy atom. The average Bonchev–Trinajstić information content (AvgIpc) is 3.79. The third-order valence-electron chi connectivity index (χ3n) is 10.8. The number of ketones is 3. The Morgan fingerprint density at radius 1 is 0.679 bits per heavy atom. The molecule has 2 saturated carbocycles. The predicted molar refractivity (Wildman–Crippen MR) is 218 cm³/mol. The van der Waals surface area contributed by atoms with Gasteiger partial charge in [0.2, 0.25) is 0 Å². The van der Waals surface area contributed by atoms with Crippen LogP contribution in [0.4, 0.5) is 0 Å². The molecule has 2 heterocycles. The number of hydrogen-bond acceptors (Lipinski definition) is 7. The quantitative estimate of drug-likeness (QED) is 0.167. The molecule has 0 aromatic heterocycles. The number of allylic oxidation sites excluding steroid dienone is 1. The van der Waals surface area contributed by atoms with Gasteiger partial charge in [0.15, 0.2) is 17.4 Å². The Hall–Kier alpha value is -2.84. The molecule has 2 aliphatic carbocycles. The summed E-state index contributed by atoms with van der Waals surface area (Å²) in [5.74, 6) is -0.712. The molecule has 53 heavy (non-hydrogen) atoms. The van der Waals surface area contributed by atoms with Crippen LogP contribution in [0.25, 0.3) is 0 Å². The van der Waals surface area contributed by atoms with Crippen LogP contribution in [0.2, 0.25) is 0 Å². The SMILES string of the molecule is C/C=C1\[C@H](CC(C)=O)C[C@H]2OC(C)(C)O[C@@H]12.CC(=O)C[C@@H]1C[C@H]2OC(C)(C)O[C@H]2C1=O.CCP(Br)(c1ccccc1)(c1ccccc1)c1ccccc1. The van der Waals surface area contributed by atoms with Gasteiger partial charge in [-0.1, -0.05) is 6.08 Å². The van der Waals surface area contributed by atoms with E-state index in [0.29, 0.717) is 25.2 Å². The number of hydrogen-bond donors (Lipinski definition) is 0. The van der Waals surface area contributed by atoms with Gasteiger partial charge < -0.3 is 28.5 Å². The Kier molecular flexibility index (Phi) is 12.9. The Morgan fingerprint density at radius 2 is 1.06 bits per heavy atom. The first kappa shape index (κ1) is 41.3. The fourth-order valence-electron chi connectivity index (χ4n) is 8.51. The monoisotopic (exact) mass is 806 g/mol. The second kappa shape index (κ2) is 16.5. The molecule has 2 saturated heterocycles. The zero-order valence-corrected chi connectivity index (χ0v) is 34.9. The van der Waals surface area contributed by atoms with Gasteiger partial charge in [-0.15, -0.1) is 0 Å². The van der Waals surface area contributed by atoms with Crippen molar-refractivity contribution in [3.8, 4) is 0 Å². The summed E-state index contributed by atoms with van der Waals surface area (Å²) in [5.41, 5.74) is 1.24. The number of rotatable bonds is 8. The average molecular weight is 808 g/mol. The maximum absolute atomic E-state index is 11.9. The Balaban J connectivity index is 0.000000157. The molecule has 0 radical (unpaired) electrons. The van der Waals surface area contributed by atoms with Crippen molar-refractivity contribution in [2.75, 3.05) is 6.16 Å². The molecule has 7 rings (SSSR count). The fourth-order valence-corrected chi connectivity index (χ4v) is 15.0. The zero-order chi connectivity index (χ0) is 38.6. The van der Waals surface area contributed by atoms with Gasteiger partial charge in [0.25, 0.3) is 0 Å². The predicted octanol–water partition coefficient (Wildman–Crippen LogP) is 8.37. The molecule has 9 heteroatoms. The van der Waals surface area contributed by atoms with Crippen molar-refractivity contribution < 1.29 is 33.3 Å². The fraction of sp³-hybridized carbons (Fsp3) is 0.477. The normalized spacial score (nSPS) is 28.1. The van der Waals surface area contributed by atoms with E-state index in [9.17, 15) is 14.4 Å². The summed E-state index contributed by atoms with van der Waals surface area (Å²) in [7, 11) is 0. The molecule has 3 aromatic rings. The molecular formula is C44H56BrO7P. The van der Waals surface area contributed by atoms with Crippen LogP contribution in [0, 0.1) is 11.8 Å². The first-order valence-electron chi connectivity index (χ1n) is 18.8. The van der Waals surface area contributed by atoms with Gasteiger partial charge in [-0.3, -0.25) is 4.79 Å². The zero-order valence-electron chi connectivity index (χ0n) is 32.4. The van der Waals surface area contributed by atoms with Crippen LogP contribution < -0.4 is 15.9 Å². The minimum atomic E-state index is -2.59. The number of carbonyl (C=O) groups is 3. The minimum absolute atomic E-state index is 0.0285. The van der Waals surface area contributed by atoms with E-state index in [1.54, 1.807) is 20.8 Å². The second-order valence-electron chi connectivity index (χ2n) is 15.6. The number of benzene rings is 3. The van der Waals surface area contributed by atoms with Gasteiger partial charge in [0, 0.05) is 18.8 Å². The molecule has 4 fully saturated rings. The number of carbonyl (C=O) groups excluding carboxylic acids is 3. The molecule has 3 aromatic carbocycles. The topological polar surface area (TPSA) is 88.1 Å². The van der Waals surface area contributed by atoms with Gasteiger partial charge in [0.1, 0.15) is 23.8 Å². The van der Waals surface area contributed by atoms with E-state index in [-0.39, 0.29) is 41.6 Å². The van der Waals surface area contributed by atoms with Crippen molar-refractivity contribution in [2.45, 2.75) is 117 Å². The van der Waals surface area contributed by atoms with Crippen LogP contribution in [0.1, 0.15) is 81.1 Å². The number of halogens is 1. The van der Waals surface area contributed by atoms with Crippen molar-refractivity contribution in [1.82, 2.24) is 0 Å². The third kappa shape index (κ3) is 8.85. The van der Waals surface area contributed by atoms with E-state index in [2.05, 4.69) is 119 Å². The molecule has 4 aliphatic rings. The summed E-state index contributed by atoms with van der Waals surface area (Å²) in [6, 6.07) is 32.7.